The van der Waals surface area contributed by atoms with Gasteiger partial charge < -0.3 is 4.98 Å². The molecule has 0 atom stereocenters. The molecule has 1 N–H and O–H groups in total. The van der Waals surface area contributed by atoms with Crippen molar-refractivity contribution < 1.29 is 0 Å². The van der Waals surface area contributed by atoms with Crippen LogP contribution in [0, 0.1) is 12.3 Å². The molecule has 0 amide bonds. The predicted molar refractivity (Wildman–Crippen MR) is 62.7 cm³/mol. The Hall–Kier alpha value is -1.75. The third-order valence-corrected chi connectivity index (χ3v) is 2.48. The SMILES string of the molecule is C#Cc1nc2ccc(C(C)(C)C)cc2[nH]1. The topological polar surface area (TPSA) is 28.7 Å². The number of hydrogen-bond donors (Lipinski definition) is 1. The second-order valence-electron chi connectivity index (χ2n) is 4.71. The summed E-state index contributed by atoms with van der Waals surface area (Å²) < 4.78 is 0. The Kier molecular flexibility index (Phi) is 2.04. The zero-order chi connectivity index (χ0) is 11.1. The summed E-state index contributed by atoms with van der Waals surface area (Å²) in [4.78, 5) is 7.37. The minimum Gasteiger partial charge on any atom is -0.331 e. The number of nitrogens with zero attached hydrogens (tertiary/aromatic N) is 1. The maximum atomic E-state index is 5.29. The number of aromatic nitrogens is 2. The first kappa shape index (κ1) is 9.79. The third-order valence-electron chi connectivity index (χ3n) is 2.48. The van der Waals surface area contributed by atoms with E-state index in [1.54, 1.807) is 0 Å². The molecule has 15 heavy (non-hydrogen) atoms. The van der Waals surface area contributed by atoms with Crippen LogP contribution in [0.4, 0.5) is 0 Å². The van der Waals surface area contributed by atoms with Gasteiger partial charge in [-0.25, -0.2) is 4.98 Å². The number of H-pyrrole nitrogens is 1. The van der Waals surface area contributed by atoms with E-state index in [1.165, 1.54) is 5.56 Å². The molecule has 1 aromatic carbocycles. The highest BCUT2D eigenvalue weighted by molar-refractivity contribution is 5.76. The molecular weight excluding hydrogens is 184 g/mol. The van der Waals surface area contributed by atoms with E-state index in [0.29, 0.717) is 5.82 Å². The molecule has 76 valence electrons. The molecule has 0 aliphatic heterocycles. The normalized spacial score (nSPS) is 11.6. The number of imidazole rings is 1. The molecule has 0 fully saturated rings. The van der Waals surface area contributed by atoms with Crippen LogP contribution < -0.4 is 0 Å². The van der Waals surface area contributed by atoms with Crippen molar-refractivity contribution in [1.29, 1.82) is 0 Å². The summed E-state index contributed by atoms with van der Waals surface area (Å²) in [5, 5.41) is 0. The third kappa shape index (κ3) is 1.73. The monoisotopic (exact) mass is 198 g/mol. The van der Waals surface area contributed by atoms with Crippen LogP contribution in [0.5, 0.6) is 0 Å². The minimum atomic E-state index is 0.148. The van der Waals surface area contributed by atoms with Crippen molar-refractivity contribution in [2.24, 2.45) is 0 Å². The first-order valence-corrected chi connectivity index (χ1v) is 4.97. The molecule has 0 unspecified atom stereocenters. The van der Waals surface area contributed by atoms with Crippen LogP contribution in [0.2, 0.25) is 0 Å². The largest absolute Gasteiger partial charge is 0.331 e. The lowest BCUT2D eigenvalue weighted by molar-refractivity contribution is 0.591. The summed E-state index contributed by atoms with van der Waals surface area (Å²) in [6.07, 6.45) is 5.29. The van der Waals surface area contributed by atoms with E-state index < -0.39 is 0 Å². The Morgan fingerprint density at radius 2 is 2.07 bits per heavy atom. The summed E-state index contributed by atoms with van der Waals surface area (Å²) in [6, 6.07) is 6.22. The molecule has 2 heteroatoms. The highest BCUT2D eigenvalue weighted by atomic mass is 14.9. The molecule has 1 heterocycles. The average molecular weight is 198 g/mol. The van der Waals surface area contributed by atoms with Crippen molar-refractivity contribution in [3.8, 4) is 12.3 Å². The van der Waals surface area contributed by atoms with Crippen molar-refractivity contribution in [2.45, 2.75) is 26.2 Å². The van der Waals surface area contributed by atoms with Gasteiger partial charge in [-0.15, -0.1) is 6.42 Å². The molecule has 0 bridgehead atoms. The fraction of sp³-hybridized carbons (Fsp3) is 0.308. The summed E-state index contributed by atoms with van der Waals surface area (Å²) in [6.45, 7) is 6.56. The molecule has 2 aromatic rings. The Labute approximate surface area is 89.7 Å². The number of nitrogens with one attached hydrogen (secondary N) is 1. The fourth-order valence-corrected chi connectivity index (χ4v) is 1.54. The maximum absolute atomic E-state index is 5.29. The zero-order valence-electron chi connectivity index (χ0n) is 9.26. The second kappa shape index (κ2) is 3.13. The zero-order valence-corrected chi connectivity index (χ0v) is 9.26. The lowest BCUT2D eigenvalue weighted by Gasteiger charge is -2.18. The van der Waals surface area contributed by atoms with Crippen LogP contribution in [-0.4, -0.2) is 9.97 Å². The molecule has 0 aliphatic rings. The van der Waals surface area contributed by atoms with Gasteiger partial charge in [-0.1, -0.05) is 26.8 Å². The summed E-state index contributed by atoms with van der Waals surface area (Å²) in [5.41, 5.74) is 3.36. The number of benzene rings is 1. The van der Waals surface area contributed by atoms with Gasteiger partial charge in [0.25, 0.3) is 0 Å². The van der Waals surface area contributed by atoms with E-state index in [0.717, 1.165) is 11.0 Å². The highest BCUT2D eigenvalue weighted by Crippen LogP contribution is 2.24. The minimum absolute atomic E-state index is 0.148. The van der Waals surface area contributed by atoms with E-state index in [4.69, 9.17) is 6.42 Å². The standard InChI is InChI=1S/C13H14N2/c1-5-12-14-10-7-6-9(13(2,3)4)8-11(10)15-12/h1,6-8H,2-4H3,(H,14,15). The molecule has 2 nitrogen and oxygen atoms in total. The molecule has 0 aliphatic carbocycles. The highest BCUT2D eigenvalue weighted by Gasteiger charge is 2.14. The number of fused-ring (bicyclic) bond motifs is 1. The molecule has 2 rings (SSSR count). The fourth-order valence-electron chi connectivity index (χ4n) is 1.54. The summed E-state index contributed by atoms with van der Waals surface area (Å²) >= 11 is 0. The summed E-state index contributed by atoms with van der Waals surface area (Å²) in [7, 11) is 0. The van der Waals surface area contributed by atoms with E-state index in [1.807, 2.05) is 6.07 Å². The van der Waals surface area contributed by atoms with Crippen molar-refractivity contribution in [2.75, 3.05) is 0 Å². The van der Waals surface area contributed by atoms with E-state index in [2.05, 4.69) is 48.8 Å². The molecule has 0 saturated heterocycles. The number of terminal acetylenes is 1. The second-order valence-corrected chi connectivity index (χ2v) is 4.71. The van der Waals surface area contributed by atoms with Gasteiger partial charge in [0.15, 0.2) is 5.82 Å². The maximum Gasteiger partial charge on any atom is 0.183 e. The lowest BCUT2D eigenvalue weighted by Crippen LogP contribution is -2.10. The van der Waals surface area contributed by atoms with Gasteiger partial charge in [-0.3, -0.25) is 0 Å². The molecular formula is C13H14N2. The molecule has 0 spiro atoms. The van der Waals surface area contributed by atoms with Gasteiger partial charge in [-0.2, -0.15) is 0 Å². The molecule has 1 aromatic heterocycles. The van der Waals surface area contributed by atoms with Crippen LogP contribution in [0.1, 0.15) is 32.2 Å². The van der Waals surface area contributed by atoms with Crippen LogP contribution in [0.25, 0.3) is 11.0 Å². The Balaban J connectivity index is 2.62. The predicted octanol–water partition coefficient (Wildman–Crippen LogP) is 2.84. The van der Waals surface area contributed by atoms with Crippen LogP contribution in [0.15, 0.2) is 18.2 Å². The number of hydrogen-bond acceptors (Lipinski definition) is 1. The van der Waals surface area contributed by atoms with Crippen molar-refractivity contribution >= 4 is 11.0 Å². The Morgan fingerprint density at radius 3 is 2.67 bits per heavy atom. The van der Waals surface area contributed by atoms with Gasteiger partial charge in [0.05, 0.1) is 11.0 Å². The van der Waals surface area contributed by atoms with Gasteiger partial charge >= 0.3 is 0 Å². The van der Waals surface area contributed by atoms with Crippen molar-refractivity contribution in [3.63, 3.8) is 0 Å². The van der Waals surface area contributed by atoms with E-state index in [9.17, 15) is 0 Å². The quantitative estimate of drug-likeness (QED) is 0.648. The first-order chi connectivity index (χ1) is 7.00. The van der Waals surface area contributed by atoms with Crippen molar-refractivity contribution in [1.82, 2.24) is 9.97 Å². The molecule has 0 saturated carbocycles. The molecule has 0 radical (unpaired) electrons. The van der Waals surface area contributed by atoms with Crippen LogP contribution in [-0.2, 0) is 5.41 Å². The van der Waals surface area contributed by atoms with Gasteiger partial charge in [0.2, 0.25) is 0 Å². The average Bonchev–Trinajstić information content (AvgIpc) is 2.57. The van der Waals surface area contributed by atoms with Gasteiger partial charge in [0, 0.05) is 0 Å². The number of aromatic amines is 1. The van der Waals surface area contributed by atoms with Gasteiger partial charge in [-0.05, 0) is 29.0 Å². The number of rotatable bonds is 0. The van der Waals surface area contributed by atoms with E-state index >= 15 is 0 Å². The first-order valence-electron chi connectivity index (χ1n) is 4.97. The Bertz CT molecular complexity index is 536. The van der Waals surface area contributed by atoms with E-state index in [-0.39, 0.29) is 5.41 Å². The van der Waals surface area contributed by atoms with Crippen LogP contribution >= 0.6 is 0 Å². The van der Waals surface area contributed by atoms with Crippen LogP contribution in [0.3, 0.4) is 0 Å². The lowest BCUT2D eigenvalue weighted by atomic mass is 9.87. The summed E-state index contributed by atoms with van der Waals surface area (Å²) in [5.74, 6) is 3.10. The van der Waals surface area contributed by atoms with Crippen molar-refractivity contribution in [3.05, 3.63) is 29.6 Å². The smallest absolute Gasteiger partial charge is 0.183 e. The van der Waals surface area contributed by atoms with Gasteiger partial charge in [0.1, 0.15) is 0 Å². The Morgan fingerprint density at radius 1 is 1.33 bits per heavy atom.